The Morgan fingerprint density at radius 3 is 2.76 bits per heavy atom. The molecule has 0 unspecified atom stereocenters. The fourth-order valence-electron chi connectivity index (χ4n) is 2.03. The molecule has 1 aromatic heterocycles. The molecule has 5 nitrogen and oxygen atoms in total. The zero-order valence-electron chi connectivity index (χ0n) is 10.5. The van der Waals surface area contributed by atoms with Crippen molar-refractivity contribution in [2.45, 2.75) is 26.7 Å². The van der Waals surface area contributed by atoms with Crippen LogP contribution in [0.1, 0.15) is 25.5 Å². The molecule has 5 heteroatoms. The molecule has 0 amide bonds. The molecule has 0 bridgehead atoms. The molecule has 0 radical (unpaired) electrons. The van der Waals surface area contributed by atoms with E-state index in [1.807, 2.05) is 13.0 Å². The van der Waals surface area contributed by atoms with Crippen LogP contribution >= 0.6 is 0 Å². The summed E-state index contributed by atoms with van der Waals surface area (Å²) in [6.45, 7) is 6.79. The number of aryl methyl sites for hydroxylation is 1. The minimum Gasteiger partial charge on any atom is -0.381 e. The average molecular weight is 236 g/mol. The summed E-state index contributed by atoms with van der Waals surface area (Å²) in [5.41, 5.74) is 6.79. The van der Waals surface area contributed by atoms with Crippen molar-refractivity contribution < 1.29 is 4.74 Å². The van der Waals surface area contributed by atoms with E-state index in [0.29, 0.717) is 5.95 Å². The highest BCUT2D eigenvalue weighted by Gasteiger charge is 2.27. The summed E-state index contributed by atoms with van der Waals surface area (Å²) in [6.07, 6.45) is 2.17. The molecule has 1 aliphatic rings. The van der Waals surface area contributed by atoms with E-state index >= 15 is 0 Å². The molecule has 2 heterocycles. The van der Waals surface area contributed by atoms with Crippen molar-refractivity contribution >= 4 is 11.8 Å². The first kappa shape index (κ1) is 12.1. The molecule has 0 saturated carbocycles. The van der Waals surface area contributed by atoms with Crippen LogP contribution < -0.4 is 11.1 Å². The molecule has 3 N–H and O–H groups in total. The molecule has 17 heavy (non-hydrogen) atoms. The van der Waals surface area contributed by atoms with Crippen LogP contribution in [0.25, 0.3) is 0 Å². The molecule has 0 aliphatic carbocycles. The lowest BCUT2D eigenvalue weighted by Crippen LogP contribution is -2.33. The van der Waals surface area contributed by atoms with Crippen molar-refractivity contribution in [3.05, 3.63) is 11.8 Å². The van der Waals surface area contributed by atoms with Crippen molar-refractivity contribution in [3.63, 3.8) is 0 Å². The zero-order chi connectivity index (χ0) is 12.3. The van der Waals surface area contributed by atoms with Crippen molar-refractivity contribution in [2.75, 3.05) is 30.8 Å². The Morgan fingerprint density at radius 2 is 2.12 bits per heavy atom. The summed E-state index contributed by atoms with van der Waals surface area (Å²) < 4.78 is 5.38. The lowest BCUT2D eigenvalue weighted by atomic mass is 9.82. The van der Waals surface area contributed by atoms with Gasteiger partial charge in [-0.2, -0.15) is 4.98 Å². The first-order valence-corrected chi connectivity index (χ1v) is 6.00. The lowest BCUT2D eigenvalue weighted by molar-refractivity contribution is 0.0300. The smallest absolute Gasteiger partial charge is 0.222 e. The van der Waals surface area contributed by atoms with E-state index in [0.717, 1.165) is 44.1 Å². The number of nitrogens with zero attached hydrogens (tertiary/aromatic N) is 2. The van der Waals surface area contributed by atoms with Crippen LogP contribution in [0.3, 0.4) is 0 Å². The van der Waals surface area contributed by atoms with Crippen LogP contribution in [-0.2, 0) is 4.74 Å². The number of nitrogens with two attached hydrogens (primary N) is 1. The van der Waals surface area contributed by atoms with Gasteiger partial charge in [0.25, 0.3) is 0 Å². The predicted molar refractivity (Wildman–Crippen MR) is 67.8 cm³/mol. The van der Waals surface area contributed by atoms with Gasteiger partial charge in [0, 0.05) is 31.5 Å². The molecule has 1 fully saturated rings. The number of ether oxygens (including phenoxy) is 1. The third-order valence-electron chi connectivity index (χ3n) is 3.27. The molecule has 0 spiro atoms. The lowest BCUT2D eigenvalue weighted by Gasteiger charge is -2.33. The summed E-state index contributed by atoms with van der Waals surface area (Å²) in [4.78, 5) is 8.23. The maximum absolute atomic E-state index is 5.62. The summed E-state index contributed by atoms with van der Waals surface area (Å²) in [7, 11) is 0. The summed E-state index contributed by atoms with van der Waals surface area (Å²) in [5, 5.41) is 3.35. The first-order valence-electron chi connectivity index (χ1n) is 6.00. The number of hydrogen-bond acceptors (Lipinski definition) is 5. The van der Waals surface area contributed by atoms with Crippen LogP contribution in [0.15, 0.2) is 6.07 Å². The Labute approximate surface area is 102 Å². The van der Waals surface area contributed by atoms with Gasteiger partial charge in [0.05, 0.1) is 0 Å². The van der Waals surface area contributed by atoms with E-state index in [-0.39, 0.29) is 5.41 Å². The number of aromatic nitrogens is 2. The molecule has 0 aromatic carbocycles. The summed E-state index contributed by atoms with van der Waals surface area (Å²) >= 11 is 0. The standard InChI is InChI=1S/C12H20N4O/c1-9-7-10(16-11(13)15-9)14-8-12(2)3-5-17-6-4-12/h7H,3-6,8H2,1-2H3,(H3,13,14,15,16). The van der Waals surface area contributed by atoms with Crippen molar-refractivity contribution in [2.24, 2.45) is 5.41 Å². The maximum Gasteiger partial charge on any atom is 0.222 e. The minimum atomic E-state index is 0.284. The molecule has 0 atom stereocenters. The van der Waals surface area contributed by atoms with Gasteiger partial charge in [-0.15, -0.1) is 0 Å². The quantitative estimate of drug-likeness (QED) is 0.834. The van der Waals surface area contributed by atoms with Gasteiger partial charge < -0.3 is 15.8 Å². The topological polar surface area (TPSA) is 73.1 Å². The van der Waals surface area contributed by atoms with Crippen molar-refractivity contribution in [3.8, 4) is 0 Å². The second-order valence-corrected chi connectivity index (χ2v) is 5.03. The van der Waals surface area contributed by atoms with E-state index in [4.69, 9.17) is 10.5 Å². The minimum absolute atomic E-state index is 0.284. The van der Waals surface area contributed by atoms with Gasteiger partial charge in [0.15, 0.2) is 0 Å². The van der Waals surface area contributed by atoms with Crippen LogP contribution in [-0.4, -0.2) is 29.7 Å². The van der Waals surface area contributed by atoms with Gasteiger partial charge in [-0.3, -0.25) is 0 Å². The highest BCUT2D eigenvalue weighted by Crippen LogP contribution is 2.29. The van der Waals surface area contributed by atoms with Crippen molar-refractivity contribution in [1.29, 1.82) is 0 Å². The van der Waals surface area contributed by atoms with E-state index in [2.05, 4.69) is 22.2 Å². The molecular formula is C12H20N4O. The highest BCUT2D eigenvalue weighted by molar-refractivity contribution is 5.40. The van der Waals surface area contributed by atoms with Gasteiger partial charge in [-0.1, -0.05) is 6.92 Å². The molecule has 1 aromatic rings. The number of hydrogen-bond donors (Lipinski definition) is 2. The normalized spacial score (nSPS) is 18.9. The largest absolute Gasteiger partial charge is 0.381 e. The zero-order valence-corrected chi connectivity index (χ0v) is 10.5. The van der Waals surface area contributed by atoms with Crippen LogP contribution in [0.2, 0.25) is 0 Å². The van der Waals surface area contributed by atoms with E-state index in [1.54, 1.807) is 0 Å². The maximum atomic E-state index is 5.62. The Hall–Kier alpha value is -1.36. The Bertz CT molecular complexity index is 368. The van der Waals surface area contributed by atoms with Gasteiger partial charge in [0.2, 0.25) is 5.95 Å². The molecule has 2 rings (SSSR count). The summed E-state index contributed by atoms with van der Waals surface area (Å²) in [6, 6.07) is 1.92. The van der Waals surface area contributed by atoms with Crippen LogP contribution in [0, 0.1) is 12.3 Å². The number of rotatable bonds is 3. The monoisotopic (exact) mass is 236 g/mol. The van der Waals surface area contributed by atoms with E-state index in [1.165, 1.54) is 0 Å². The highest BCUT2D eigenvalue weighted by atomic mass is 16.5. The summed E-state index contributed by atoms with van der Waals surface area (Å²) in [5.74, 6) is 1.13. The molecule has 94 valence electrons. The molecule has 1 aliphatic heterocycles. The van der Waals surface area contributed by atoms with Gasteiger partial charge >= 0.3 is 0 Å². The molecular weight excluding hydrogens is 216 g/mol. The second kappa shape index (κ2) is 4.87. The fourth-order valence-corrected chi connectivity index (χ4v) is 2.03. The van der Waals surface area contributed by atoms with Crippen LogP contribution in [0.4, 0.5) is 11.8 Å². The second-order valence-electron chi connectivity index (χ2n) is 5.03. The van der Waals surface area contributed by atoms with Crippen LogP contribution in [0.5, 0.6) is 0 Å². The van der Waals surface area contributed by atoms with E-state index < -0.39 is 0 Å². The SMILES string of the molecule is Cc1cc(NCC2(C)CCOCC2)nc(N)n1. The Morgan fingerprint density at radius 1 is 1.41 bits per heavy atom. The fraction of sp³-hybridized carbons (Fsp3) is 0.667. The molecule has 1 saturated heterocycles. The van der Waals surface area contributed by atoms with Gasteiger partial charge in [0.1, 0.15) is 5.82 Å². The van der Waals surface area contributed by atoms with Gasteiger partial charge in [-0.05, 0) is 25.2 Å². The number of nitrogen functional groups attached to an aromatic ring is 1. The predicted octanol–water partition coefficient (Wildman–Crippen LogP) is 1.60. The Kier molecular flexibility index (Phi) is 3.47. The number of nitrogens with one attached hydrogen (secondary N) is 1. The number of anilines is 2. The van der Waals surface area contributed by atoms with E-state index in [9.17, 15) is 0 Å². The van der Waals surface area contributed by atoms with Crippen molar-refractivity contribution in [1.82, 2.24) is 9.97 Å². The third kappa shape index (κ3) is 3.30. The third-order valence-corrected chi connectivity index (χ3v) is 3.27. The first-order chi connectivity index (χ1) is 8.07. The van der Waals surface area contributed by atoms with Gasteiger partial charge in [-0.25, -0.2) is 4.98 Å². The Balaban J connectivity index is 1.96. The average Bonchev–Trinajstić information content (AvgIpc) is 2.26.